The van der Waals surface area contributed by atoms with Gasteiger partial charge >= 0.3 is 0 Å². The summed E-state index contributed by atoms with van der Waals surface area (Å²) in [7, 11) is 0. The minimum absolute atomic E-state index is 0.118. The molecule has 4 aliphatic carbocycles. The number of aldehydes is 1. The molecule has 0 amide bonds. The van der Waals surface area contributed by atoms with Crippen molar-refractivity contribution in [3.63, 3.8) is 0 Å². The van der Waals surface area contributed by atoms with Crippen LogP contribution in [0.4, 0.5) is 0 Å². The Balaban J connectivity index is 1.93. The standard InChI is InChI=1S/C10H12O2/c1-4-7-5-2-6-8(9(5)12-4)10(6,7)3-11/h3-9H,2H2,1H3/t4-,5-,6-,7-,8?,9+,10+/m1/s1. The van der Waals surface area contributed by atoms with E-state index in [-0.39, 0.29) is 5.41 Å². The quantitative estimate of drug-likeness (QED) is 0.537. The third-order valence-corrected chi connectivity index (χ3v) is 4.97. The second-order valence-electron chi connectivity index (χ2n) is 4.98. The highest BCUT2D eigenvalue weighted by atomic mass is 16.5. The Kier molecular flexibility index (Phi) is 0.711. The van der Waals surface area contributed by atoms with Crippen LogP contribution in [0, 0.1) is 29.1 Å². The van der Waals surface area contributed by atoms with E-state index in [0.717, 1.165) is 11.8 Å². The normalized spacial score (nSPS) is 75.1. The van der Waals surface area contributed by atoms with Crippen LogP contribution in [0.2, 0.25) is 0 Å². The van der Waals surface area contributed by atoms with Crippen molar-refractivity contribution in [2.75, 3.05) is 0 Å². The van der Waals surface area contributed by atoms with Crippen molar-refractivity contribution in [3.05, 3.63) is 0 Å². The van der Waals surface area contributed by atoms with Crippen molar-refractivity contribution in [3.8, 4) is 0 Å². The van der Waals surface area contributed by atoms with E-state index in [1.807, 2.05) is 0 Å². The van der Waals surface area contributed by atoms with E-state index in [9.17, 15) is 4.79 Å². The topological polar surface area (TPSA) is 26.3 Å². The highest BCUT2D eigenvalue weighted by Gasteiger charge is 2.87. The van der Waals surface area contributed by atoms with Gasteiger partial charge in [-0.05, 0) is 25.2 Å². The summed E-state index contributed by atoms with van der Waals surface area (Å²) in [4.78, 5) is 11.1. The molecule has 5 rings (SSSR count). The van der Waals surface area contributed by atoms with Crippen molar-refractivity contribution in [1.82, 2.24) is 0 Å². The first-order valence-electron chi connectivity index (χ1n) is 4.92. The minimum Gasteiger partial charge on any atom is -0.374 e. The van der Waals surface area contributed by atoms with Gasteiger partial charge in [0.25, 0.3) is 0 Å². The van der Waals surface area contributed by atoms with Gasteiger partial charge in [-0.25, -0.2) is 0 Å². The van der Waals surface area contributed by atoms with Crippen LogP contribution < -0.4 is 0 Å². The first-order chi connectivity index (χ1) is 5.80. The zero-order chi connectivity index (χ0) is 8.09. The Morgan fingerprint density at radius 3 is 2.92 bits per heavy atom. The lowest BCUT2D eigenvalue weighted by Gasteiger charge is -2.22. The van der Waals surface area contributed by atoms with Gasteiger partial charge in [-0.2, -0.15) is 0 Å². The maximum absolute atomic E-state index is 11.1. The van der Waals surface area contributed by atoms with Crippen LogP contribution in [0.15, 0.2) is 0 Å². The monoisotopic (exact) mass is 164 g/mol. The third-order valence-electron chi connectivity index (χ3n) is 4.97. The molecule has 1 saturated heterocycles. The minimum atomic E-state index is 0.118. The lowest BCUT2D eigenvalue weighted by molar-refractivity contribution is -0.117. The van der Waals surface area contributed by atoms with Crippen LogP contribution in [-0.4, -0.2) is 18.5 Å². The van der Waals surface area contributed by atoms with Gasteiger partial charge in [-0.15, -0.1) is 0 Å². The molecule has 0 aromatic carbocycles. The Morgan fingerprint density at radius 2 is 2.33 bits per heavy atom. The van der Waals surface area contributed by atoms with E-state index in [1.54, 1.807) is 0 Å². The largest absolute Gasteiger partial charge is 0.374 e. The van der Waals surface area contributed by atoms with Crippen molar-refractivity contribution >= 4 is 6.29 Å². The van der Waals surface area contributed by atoms with E-state index in [2.05, 4.69) is 6.92 Å². The smallest absolute Gasteiger partial charge is 0.127 e. The summed E-state index contributed by atoms with van der Waals surface area (Å²) < 4.78 is 5.84. The van der Waals surface area contributed by atoms with Crippen LogP contribution in [-0.2, 0) is 9.53 Å². The summed E-state index contributed by atoms with van der Waals surface area (Å²) in [5.41, 5.74) is 0.118. The van der Waals surface area contributed by atoms with Gasteiger partial charge in [0, 0.05) is 17.3 Å². The zero-order valence-electron chi connectivity index (χ0n) is 7.07. The molecule has 0 N–H and O–H groups in total. The van der Waals surface area contributed by atoms with Crippen molar-refractivity contribution < 1.29 is 9.53 Å². The molecule has 2 nitrogen and oxygen atoms in total. The van der Waals surface area contributed by atoms with Gasteiger partial charge in [0.05, 0.1) is 12.2 Å². The van der Waals surface area contributed by atoms with E-state index in [1.165, 1.54) is 12.7 Å². The summed E-state index contributed by atoms with van der Waals surface area (Å²) in [6.45, 7) is 2.14. The summed E-state index contributed by atoms with van der Waals surface area (Å²) in [5.74, 6) is 2.70. The van der Waals surface area contributed by atoms with E-state index in [0.29, 0.717) is 24.0 Å². The third kappa shape index (κ3) is 0.330. The van der Waals surface area contributed by atoms with Crippen LogP contribution in [0.1, 0.15) is 13.3 Å². The molecule has 12 heavy (non-hydrogen) atoms. The molecule has 4 saturated carbocycles. The number of carbonyl (C=O) groups is 1. The summed E-state index contributed by atoms with van der Waals surface area (Å²) >= 11 is 0. The van der Waals surface area contributed by atoms with Crippen LogP contribution in [0.3, 0.4) is 0 Å². The molecule has 2 heteroatoms. The molecule has 0 aromatic rings. The van der Waals surface area contributed by atoms with Gasteiger partial charge in [-0.3, -0.25) is 0 Å². The van der Waals surface area contributed by atoms with Crippen molar-refractivity contribution in [2.24, 2.45) is 29.1 Å². The second kappa shape index (κ2) is 1.39. The molecule has 6 bridgehead atoms. The maximum atomic E-state index is 11.1. The molecule has 5 aliphatic rings. The number of hydrogen-bond donors (Lipinski definition) is 0. The predicted octanol–water partition coefficient (Wildman–Crippen LogP) is 0.855. The van der Waals surface area contributed by atoms with Crippen LogP contribution in [0.25, 0.3) is 0 Å². The first kappa shape index (κ1) is 6.14. The molecule has 1 aliphatic heterocycles. The van der Waals surface area contributed by atoms with E-state index >= 15 is 0 Å². The SMILES string of the molecule is C[C@H]1O[C@@H]2C3[C@H]4C[C@@H]2[C@@H]1[C@@]34C=O. The Labute approximate surface area is 71.3 Å². The summed E-state index contributed by atoms with van der Waals surface area (Å²) in [6.07, 6.45) is 3.36. The molecular formula is C10H12O2. The molecule has 5 fully saturated rings. The van der Waals surface area contributed by atoms with Gasteiger partial charge < -0.3 is 9.53 Å². The van der Waals surface area contributed by atoms with Gasteiger partial charge in [0.15, 0.2) is 0 Å². The Bertz CT molecular complexity index is 288. The molecule has 1 unspecified atom stereocenters. The van der Waals surface area contributed by atoms with E-state index in [4.69, 9.17) is 4.74 Å². The average molecular weight is 164 g/mol. The summed E-state index contributed by atoms with van der Waals surface area (Å²) in [5, 5.41) is 0. The Hall–Kier alpha value is -0.370. The number of ether oxygens (including phenoxy) is 1. The molecule has 64 valence electrons. The molecule has 0 radical (unpaired) electrons. The number of rotatable bonds is 1. The molecule has 0 aromatic heterocycles. The molecule has 7 atom stereocenters. The molecular weight excluding hydrogens is 152 g/mol. The van der Waals surface area contributed by atoms with Crippen LogP contribution in [0.5, 0.6) is 0 Å². The number of hydrogen-bond acceptors (Lipinski definition) is 2. The second-order valence-corrected chi connectivity index (χ2v) is 4.98. The highest BCUT2D eigenvalue weighted by molar-refractivity contribution is 5.71. The summed E-state index contributed by atoms with van der Waals surface area (Å²) in [6, 6.07) is 0. The van der Waals surface area contributed by atoms with Gasteiger partial charge in [0.1, 0.15) is 6.29 Å². The zero-order valence-corrected chi connectivity index (χ0v) is 7.07. The maximum Gasteiger partial charge on any atom is 0.127 e. The van der Waals surface area contributed by atoms with Gasteiger partial charge in [-0.1, -0.05) is 0 Å². The molecule has 0 spiro atoms. The predicted molar refractivity (Wildman–Crippen MR) is 41.4 cm³/mol. The first-order valence-corrected chi connectivity index (χ1v) is 4.92. The fourth-order valence-corrected chi connectivity index (χ4v) is 4.80. The van der Waals surface area contributed by atoms with Gasteiger partial charge in [0.2, 0.25) is 0 Å². The average Bonchev–Trinajstić information content (AvgIpc) is 2.46. The Morgan fingerprint density at radius 1 is 1.50 bits per heavy atom. The van der Waals surface area contributed by atoms with Crippen molar-refractivity contribution in [2.45, 2.75) is 25.6 Å². The molecule has 1 heterocycles. The highest BCUT2D eigenvalue weighted by Crippen LogP contribution is 2.84. The van der Waals surface area contributed by atoms with Crippen molar-refractivity contribution in [1.29, 1.82) is 0 Å². The number of carbonyl (C=O) groups excluding carboxylic acids is 1. The van der Waals surface area contributed by atoms with Crippen LogP contribution >= 0.6 is 0 Å². The van der Waals surface area contributed by atoms with E-state index < -0.39 is 0 Å². The fourth-order valence-electron chi connectivity index (χ4n) is 4.80. The lowest BCUT2D eigenvalue weighted by atomic mass is 9.87. The fraction of sp³-hybridized carbons (Fsp3) is 0.900. The lowest BCUT2D eigenvalue weighted by Crippen LogP contribution is -2.28.